The van der Waals surface area contributed by atoms with Crippen LogP contribution in [0, 0.1) is 0 Å². The molecule has 1 amide bonds. The number of carbonyl (C=O) groups excluding carboxylic acids is 2. The first kappa shape index (κ1) is 15.6. The lowest BCUT2D eigenvalue weighted by Gasteiger charge is -2.21. The fraction of sp³-hybridized carbons (Fsp3) is 0.467. The van der Waals surface area contributed by atoms with E-state index in [4.69, 9.17) is 4.74 Å². The third-order valence-electron chi connectivity index (χ3n) is 2.82. The first-order chi connectivity index (χ1) is 9.81. The lowest BCUT2D eigenvalue weighted by molar-refractivity contribution is -0.123. The number of rotatable bonds is 4. The second-order valence-corrected chi connectivity index (χ2v) is 6.75. The number of hydrogen-bond acceptors (Lipinski definition) is 4. The highest BCUT2D eigenvalue weighted by Gasteiger charge is 2.21. The SMILES string of the molecule is CCOC(=O)c1cc2sccc2n1CC(=O)NC(C)(C)C. The minimum absolute atomic E-state index is 0.103. The molecule has 2 aromatic rings. The van der Waals surface area contributed by atoms with Crippen LogP contribution >= 0.6 is 11.3 Å². The average molecular weight is 308 g/mol. The molecule has 0 aliphatic carbocycles. The summed E-state index contributed by atoms with van der Waals surface area (Å²) in [5.74, 6) is -0.527. The van der Waals surface area contributed by atoms with Gasteiger partial charge in [0.05, 0.1) is 16.8 Å². The van der Waals surface area contributed by atoms with Gasteiger partial charge in [-0.25, -0.2) is 4.79 Å². The third kappa shape index (κ3) is 3.64. The van der Waals surface area contributed by atoms with Crippen molar-refractivity contribution in [3.8, 4) is 0 Å². The van der Waals surface area contributed by atoms with Gasteiger partial charge >= 0.3 is 5.97 Å². The number of ether oxygens (including phenoxy) is 1. The van der Waals surface area contributed by atoms with Gasteiger partial charge in [-0.15, -0.1) is 11.3 Å². The number of nitrogens with one attached hydrogen (secondary N) is 1. The quantitative estimate of drug-likeness (QED) is 0.884. The molecule has 2 rings (SSSR count). The summed E-state index contributed by atoms with van der Waals surface area (Å²) in [5.41, 5.74) is 0.997. The van der Waals surface area contributed by atoms with Crippen LogP contribution in [0.25, 0.3) is 10.2 Å². The number of aromatic nitrogens is 1. The monoisotopic (exact) mass is 308 g/mol. The molecule has 0 spiro atoms. The molecule has 2 heterocycles. The van der Waals surface area contributed by atoms with Gasteiger partial charge in [-0.2, -0.15) is 0 Å². The summed E-state index contributed by atoms with van der Waals surface area (Å²) in [4.78, 5) is 24.2. The Morgan fingerprint density at radius 2 is 2.10 bits per heavy atom. The van der Waals surface area contributed by atoms with E-state index >= 15 is 0 Å². The Balaban J connectivity index is 2.32. The van der Waals surface area contributed by atoms with E-state index in [0.717, 1.165) is 10.2 Å². The Hall–Kier alpha value is -1.82. The van der Waals surface area contributed by atoms with Crippen LogP contribution in [-0.2, 0) is 16.1 Å². The molecule has 6 heteroatoms. The number of fused-ring (bicyclic) bond motifs is 1. The van der Waals surface area contributed by atoms with Crippen molar-refractivity contribution in [1.82, 2.24) is 9.88 Å². The number of amides is 1. The Morgan fingerprint density at radius 3 is 2.71 bits per heavy atom. The van der Waals surface area contributed by atoms with Gasteiger partial charge in [0.25, 0.3) is 0 Å². The van der Waals surface area contributed by atoms with E-state index in [-0.39, 0.29) is 18.0 Å². The van der Waals surface area contributed by atoms with E-state index in [1.54, 1.807) is 17.6 Å². The molecule has 5 nitrogen and oxygen atoms in total. The molecular formula is C15H20N2O3S. The summed E-state index contributed by atoms with van der Waals surface area (Å²) in [7, 11) is 0. The molecule has 0 radical (unpaired) electrons. The summed E-state index contributed by atoms with van der Waals surface area (Å²) in [5, 5.41) is 4.85. The Kier molecular flexibility index (Phi) is 4.37. The van der Waals surface area contributed by atoms with Crippen LogP contribution in [0.1, 0.15) is 38.2 Å². The zero-order valence-electron chi connectivity index (χ0n) is 12.7. The van der Waals surface area contributed by atoms with Crippen LogP contribution in [0.3, 0.4) is 0 Å². The summed E-state index contributed by atoms with van der Waals surface area (Å²) < 4.78 is 7.75. The van der Waals surface area contributed by atoms with Gasteiger partial charge in [-0.3, -0.25) is 4.79 Å². The second-order valence-electron chi connectivity index (χ2n) is 5.80. The molecule has 0 fully saturated rings. The highest BCUT2D eigenvalue weighted by Crippen LogP contribution is 2.25. The molecule has 0 atom stereocenters. The minimum atomic E-state index is -0.399. The van der Waals surface area contributed by atoms with Crippen molar-refractivity contribution in [2.45, 2.75) is 39.8 Å². The highest BCUT2D eigenvalue weighted by molar-refractivity contribution is 7.17. The molecular weight excluding hydrogens is 288 g/mol. The standard InChI is InChI=1S/C15H20N2O3S/c1-5-20-14(19)11-8-12-10(6-7-21-12)17(11)9-13(18)16-15(2,3)4/h6-8H,5,9H2,1-4H3,(H,16,18). The average Bonchev–Trinajstić information content (AvgIpc) is 2.89. The molecule has 0 unspecified atom stereocenters. The number of nitrogens with zero attached hydrogens (tertiary/aromatic N) is 1. The number of hydrogen-bond donors (Lipinski definition) is 1. The van der Waals surface area contributed by atoms with Crippen molar-refractivity contribution in [3.05, 3.63) is 23.2 Å². The molecule has 0 bridgehead atoms. The van der Waals surface area contributed by atoms with Crippen LogP contribution in [-0.4, -0.2) is 28.6 Å². The molecule has 0 aromatic carbocycles. The highest BCUT2D eigenvalue weighted by atomic mass is 32.1. The number of carbonyl (C=O) groups is 2. The van der Waals surface area contributed by atoms with Gasteiger partial charge in [0.1, 0.15) is 12.2 Å². The zero-order chi connectivity index (χ0) is 15.6. The Morgan fingerprint density at radius 1 is 1.38 bits per heavy atom. The van der Waals surface area contributed by atoms with Crippen LogP contribution in [0.2, 0.25) is 0 Å². The van der Waals surface area contributed by atoms with Crippen molar-refractivity contribution in [2.24, 2.45) is 0 Å². The predicted octanol–water partition coefficient (Wildman–Crippen LogP) is 2.79. The molecule has 2 aromatic heterocycles. The molecule has 0 aliphatic heterocycles. The van der Waals surface area contributed by atoms with Gasteiger partial charge < -0.3 is 14.6 Å². The second kappa shape index (κ2) is 5.89. The maximum atomic E-state index is 12.1. The van der Waals surface area contributed by atoms with Crippen molar-refractivity contribution in [2.75, 3.05) is 6.61 Å². The van der Waals surface area contributed by atoms with Crippen molar-refractivity contribution in [3.63, 3.8) is 0 Å². The summed E-state index contributed by atoms with van der Waals surface area (Å²) in [6, 6.07) is 3.69. The minimum Gasteiger partial charge on any atom is -0.461 e. The smallest absolute Gasteiger partial charge is 0.355 e. The molecule has 0 saturated carbocycles. The van der Waals surface area contributed by atoms with E-state index in [1.807, 2.05) is 32.2 Å². The van der Waals surface area contributed by atoms with Crippen LogP contribution in [0.15, 0.2) is 17.5 Å². The van der Waals surface area contributed by atoms with Crippen molar-refractivity contribution < 1.29 is 14.3 Å². The maximum Gasteiger partial charge on any atom is 0.355 e. The van der Waals surface area contributed by atoms with Crippen LogP contribution in [0.5, 0.6) is 0 Å². The first-order valence-corrected chi connectivity index (χ1v) is 7.74. The molecule has 0 saturated heterocycles. The normalized spacial score (nSPS) is 11.6. The fourth-order valence-electron chi connectivity index (χ4n) is 2.12. The summed E-state index contributed by atoms with van der Waals surface area (Å²) in [6.07, 6.45) is 0. The van der Waals surface area contributed by atoms with Gasteiger partial charge in [-0.1, -0.05) is 0 Å². The molecule has 114 valence electrons. The van der Waals surface area contributed by atoms with Gasteiger partial charge in [0.15, 0.2) is 0 Å². The van der Waals surface area contributed by atoms with Gasteiger partial charge in [-0.05, 0) is 45.2 Å². The van der Waals surface area contributed by atoms with Crippen molar-refractivity contribution >= 4 is 33.4 Å². The third-order valence-corrected chi connectivity index (χ3v) is 3.68. The summed E-state index contributed by atoms with van der Waals surface area (Å²) >= 11 is 1.54. The molecule has 21 heavy (non-hydrogen) atoms. The topological polar surface area (TPSA) is 60.3 Å². The van der Waals surface area contributed by atoms with Gasteiger partial charge in [0, 0.05) is 5.54 Å². The number of esters is 1. The lowest BCUT2D eigenvalue weighted by atomic mass is 10.1. The summed E-state index contributed by atoms with van der Waals surface area (Å²) in [6.45, 7) is 7.95. The van der Waals surface area contributed by atoms with E-state index in [1.165, 1.54) is 11.3 Å². The Bertz CT molecular complexity index is 664. The zero-order valence-corrected chi connectivity index (χ0v) is 13.5. The fourth-order valence-corrected chi connectivity index (χ4v) is 2.95. The Labute approximate surface area is 127 Å². The van der Waals surface area contributed by atoms with Crippen LogP contribution in [0.4, 0.5) is 0 Å². The van der Waals surface area contributed by atoms with E-state index in [9.17, 15) is 9.59 Å². The molecule has 0 aliphatic rings. The lowest BCUT2D eigenvalue weighted by Crippen LogP contribution is -2.42. The van der Waals surface area contributed by atoms with E-state index < -0.39 is 5.97 Å². The predicted molar refractivity (Wildman–Crippen MR) is 83.7 cm³/mol. The van der Waals surface area contributed by atoms with Crippen LogP contribution < -0.4 is 5.32 Å². The van der Waals surface area contributed by atoms with Gasteiger partial charge in [0.2, 0.25) is 5.91 Å². The molecule has 1 N–H and O–H groups in total. The maximum absolute atomic E-state index is 12.1. The number of thiophene rings is 1. The van der Waals surface area contributed by atoms with E-state index in [0.29, 0.717) is 12.3 Å². The largest absolute Gasteiger partial charge is 0.461 e. The first-order valence-electron chi connectivity index (χ1n) is 6.86. The van der Waals surface area contributed by atoms with Crippen molar-refractivity contribution in [1.29, 1.82) is 0 Å². The van der Waals surface area contributed by atoms with E-state index in [2.05, 4.69) is 5.32 Å².